The third-order valence-corrected chi connectivity index (χ3v) is 2.90. The molecule has 1 atom stereocenters. The summed E-state index contributed by atoms with van der Waals surface area (Å²) >= 11 is 0. The molecule has 0 aliphatic heterocycles. The highest BCUT2D eigenvalue weighted by Gasteiger charge is 2.14. The summed E-state index contributed by atoms with van der Waals surface area (Å²) in [5.41, 5.74) is 1.76. The maximum Gasteiger partial charge on any atom is 0.153 e. The Hall–Kier alpha value is -1.87. The van der Waals surface area contributed by atoms with Crippen molar-refractivity contribution < 1.29 is 5.21 Å². The fourth-order valence-electron chi connectivity index (χ4n) is 1.59. The van der Waals surface area contributed by atoms with Crippen LogP contribution in [0.5, 0.6) is 0 Å². The summed E-state index contributed by atoms with van der Waals surface area (Å²) in [6.07, 6.45) is 0. The molecule has 0 amide bonds. The van der Waals surface area contributed by atoms with Crippen molar-refractivity contribution in [3.8, 4) is 0 Å². The van der Waals surface area contributed by atoms with Crippen molar-refractivity contribution in [2.75, 3.05) is 5.06 Å². The van der Waals surface area contributed by atoms with Gasteiger partial charge in [-0.1, -0.05) is 30.4 Å². The molecule has 3 nitrogen and oxygen atoms in total. The van der Waals surface area contributed by atoms with Crippen LogP contribution in [0.15, 0.2) is 48.6 Å². The summed E-state index contributed by atoms with van der Waals surface area (Å²) in [7, 11) is 0. The van der Waals surface area contributed by atoms with Gasteiger partial charge >= 0.3 is 0 Å². The molecule has 0 radical (unpaired) electrons. The first kappa shape index (κ1) is 11.6. The Bertz CT molecular complexity index is 551. The molecule has 0 bridgehead atoms. The van der Waals surface area contributed by atoms with Gasteiger partial charge < -0.3 is 0 Å². The van der Waals surface area contributed by atoms with E-state index >= 15 is 0 Å². The molecular weight excluding hydrogens is 212 g/mol. The second-order valence-electron chi connectivity index (χ2n) is 4.23. The summed E-state index contributed by atoms with van der Waals surface area (Å²) < 4.78 is 0. The molecule has 0 spiro atoms. The number of anilines is 1. The van der Waals surface area contributed by atoms with Crippen LogP contribution in [0.25, 0.3) is 10.9 Å². The van der Waals surface area contributed by atoms with Gasteiger partial charge in [-0.05, 0) is 32.0 Å². The lowest BCUT2D eigenvalue weighted by Gasteiger charge is -2.23. The predicted octanol–water partition coefficient (Wildman–Crippen LogP) is 3.40. The number of benzene rings is 1. The first-order valence-corrected chi connectivity index (χ1v) is 5.59. The van der Waals surface area contributed by atoms with Crippen LogP contribution < -0.4 is 5.06 Å². The fraction of sp³-hybridized carbons (Fsp3) is 0.214. The average Bonchev–Trinajstić information content (AvgIpc) is 2.36. The number of nitrogens with zero attached hydrogens (tertiary/aromatic N) is 2. The van der Waals surface area contributed by atoms with Gasteiger partial charge in [-0.3, -0.25) is 5.21 Å². The van der Waals surface area contributed by atoms with Gasteiger partial charge in [0, 0.05) is 5.39 Å². The summed E-state index contributed by atoms with van der Waals surface area (Å²) in [4.78, 5) is 4.41. The Kier molecular flexibility index (Phi) is 3.11. The van der Waals surface area contributed by atoms with Crippen LogP contribution in [0.4, 0.5) is 5.82 Å². The minimum atomic E-state index is -0.149. The van der Waals surface area contributed by atoms with Crippen molar-refractivity contribution in [2.45, 2.75) is 19.9 Å². The number of hydrogen-bond acceptors (Lipinski definition) is 3. The van der Waals surface area contributed by atoms with Gasteiger partial charge in [-0.2, -0.15) is 0 Å². The van der Waals surface area contributed by atoms with Gasteiger partial charge in [0.05, 0.1) is 11.6 Å². The van der Waals surface area contributed by atoms with Crippen LogP contribution >= 0.6 is 0 Å². The van der Waals surface area contributed by atoms with Crippen molar-refractivity contribution >= 4 is 16.7 Å². The van der Waals surface area contributed by atoms with E-state index in [1.807, 2.05) is 50.2 Å². The Morgan fingerprint density at radius 2 is 2.00 bits per heavy atom. The van der Waals surface area contributed by atoms with E-state index in [-0.39, 0.29) is 6.04 Å². The maximum atomic E-state index is 10.0. The summed E-state index contributed by atoms with van der Waals surface area (Å²) in [6.45, 7) is 7.61. The SMILES string of the molecule is C=C(C)[C@H](C)N(O)c1ccc2ccccc2n1. The highest BCUT2D eigenvalue weighted by Crippen LogP contribution is 2.19. The number of hydroxylamine groups is 1. The Labute approximate surface area is 101 Å². The Balaban J connectivity index is 2.39. The molecule has 0 saturated carbocycles. The van der Waals surface area contributed by atoms with Gasteiger partial charge in [-0.25, -0.2) is 10.0 Å². The van der Waals surface area contributed by atoms with Crippen molar-refractivity contribution in [1.29, 1.82) is 0 Å². The molecule has 1 N–H and O–H groups in total. The van der Waals surface area contributed by atoms with Crippen molar-refractivity contribution in [3.63, 3.8) is 0 Å². The topological polar surface area (TPSA) is 36.4 Å². The van der Waals surface area contributed by atoms with E-state index in [2.05, 4.69) is 11.6 Å². The van der Waals surface area contributed by atoms with E-state index in [4.69, 9.17) is 0 Å². The highest BCUT2D eigenvalue weighted by atomic mass is 16.5. The van der Waals surface area contributed by atoms with Crippen LogP contribution in [0.1, 0.15) is 13.8 Å². The van der Waals surface area contributed by atoms with E-state index in [0.29, 0.717) is 5.82 Å². The molecule has 0 saturated heterocycles. The zero-order valence-corrected chi connectivity index (χ0v) is 10.1. The lowest BCUT2D eigenvalue weighted by atomic mass is 10.1. The Morgan fingerprint density at radius 3 is 2.71 bits per heavy atom. The van der Waals surface area contributed by atoms with E-state index < -0.39 is 0 Å². The summed E-state index contributed by atoms with van der Waals surface area (Å²) in [5.74, 6) is 0.541. The third-order valence-electron chi connectivity index (χ3n) is 2.90. The number of aromatic nitrogens is 1. The first-order chi connectivity index (χ1) is 8.09. The zero-order valence-electron chi connectivity index (χ0n) is 10.1. The van der Waals surface area contributed by atoms with Gasteiger partial charge in [0.1, 0.15) is 0 Å². The molecule has 3 heteroatoms. The molecule has 17 heavy (non-hydrogen) atoms. The molecule has 2 rings (SSSR count). The van der Waals surface area contributed by atoms with Crippen molar-refractivity contribution in [2.24, 2.45) is 0 Å². The summed E-state index contributed by atoms with van der Waals surface area (Å²) in [6, 6.07) is 11.4. The molecule has 1 aromatic carbocycles. The third kappa shape index (κ3) is 2.29. The smallest absolute Gasteiger partial charge is 0.153 e. The minimum absolute atomic E-state index is 0.149. The predicted molar refractivity (Wildman–Crippen MR) is 70.3 cm³/mol. The van der Waals surface area contributed by atoms with E-state index in [9.17, 15) is 5.21 Å². The number of fused-ring (bicyclic) bond motifs is 1. The maximum absolute atomic E-state index is 10.0. The molecule has 0 aliphatic rings. The lowest BCUT2D eigenvalue weighted by molar-refractivity contribution is 0.231. The van der Waals surface area contributed by atoms with Crippen LogP contribution in [0.3, 0.4) is 0 Å². The number of para-hydroxylation sites is 1. The summed E-state index contributed by atoms with van der Waals surface area (Å²) in [5, 5.41) is 12.2. The molecule has 2 aromatic rings. The van der Waals surface area contributed by atoms with Crippen LogP contribution in [0, 0.1) is 0 Å². The van der Waals surface area contributed by atoms with Gasteiger partial charge in [-0.15, -0.1) is 0 Å². The van der Waals surface area contributed by atoms with Gasteiger partial charge in [0.2, 0.25) is 0 Å². The van der Waals surface area contributed by atoms with Crippen molar-refractivity contribution in [1.82, 2.24) is 4.98 Å². The van der Waals surface area contributed by atoms with E-state index in [1.54, 1.807) is 0 Å². The fourth-order valence-corrected chi connectivity index (χ4v) is 1.59. The van der Waals surface area contributed by atoms with Crippen LogP contribution in [0.2, 0.25) is 0 Å². The highest BCUT2D eigenvalue weighted by molar-refractivity contribution is 5.80. The quantitative estimate of drug-likeness (QED) is 0.646. The molecule has 1 aromatic heterocycles. The minimum Gasteiger partial charge on any atom is -0.286 e. The van der Waals surface area contributed by atoms with E-state index in [1.165, 1.54) is 0 Å². The average molecular weight is 228 g/mol. The van der Waals surface area contributed by atoms with E-state index in [0.717, 1.165) is 21.5 Å². The molecule has 0 fully saturated rings. The van der Waals surface area contributed by atoms with Gasteiger partial charge in [0.15, 0.2) is 5.82 Å². The largest absolute Gasteiger partial charge is 0.286 e. The molecule has 1 heterocycles. The number of hydrogen-bond donors (Lipinski definition) is 1. The molecule has 0 unspecified atom stereocenters. The molecule has 88 valence electrons. The second-order valence-corrected chi connectivity index (χ2v) is 4.23. The normalized spacial score (nSPS) is 12.4. The molecular formula is C14H16N2O. The second kappa shape index (κ2) is 4.55. The standard InChI is InChI=1S/C14H16N2O/c1-10(2)11(3)16(17)14-9-8-12-6-4-5-7-13(12)15-14/h4-9,11,17H,1H2,2-3H3/t11-/m0/s1. The van der Waals surface area contributed by atoms with Crippen LogP contribution in [-0.4, -0.2) is 16.2 Å². The van der Waals surface area contributed by atoms with Gasteiger partial charge in [0.25, 0.3) is 0 Å². The van der Waals surface area contributed by atoms with Crippen molar-refractivity contribution in [3.05, 3.63) is 48.6 Å². The van der Waals surface area contributed by atoms with Crippen LogP contribution in [-0.2, 0) is 0 Å². The monoisotopic (exact) mass is 228 g/mol. The Morgan fingerprint density at radius 1 is 1.29 bits per heavy atom. The lowest BCUT2D eigenvalue weighted by Crippen LogP contribution is -2.30. The number of rotatable bonds is 3. The number of pyridine rings is 1. The zero-order chi connectivity index (χ0) is 12.4. The molecule has 0 aliphatic carbocycles. The first-order valence-electron chi connectivity index (χ1n) is 5.59.